The van der Waals surface area contributed by atoms with Crippen molar-refractivity contribution in [2.24, 2.45) is 17.3 Å². The maximum absolute atomic E-state index is 13.0. The third kappa shape index (κ3) is 4.22. The van der Waals surface area contributed by atoms with Gasteiger partial charge in [0.15, 0.2) is 6.61 Å². The van der Waals surface area contributed by atoms with Gasteiger partial charge in [-0.05, 0) is 75.0 Å². The van der Waals surface area contributed by atoms with Gasteiger partial charge in [-0.2, -0.15) is 0 Å². The SMILES string of the molecule is Cc1ccc(S(=O)(=O)N(C)C)cc1NC(=O)COC(=O)C12CC3CC(CC(Cl)(C3)C1)C2. The number of aryl methyl sites for hydroxylation is 1. The van der Waals surface area contributed by atoms with Crippen LogP contribution in [0.15, 0.2) is 23.1 Å². The molecule has 0 aliphatic heterocycles. The molecule has 0 spiro atoms. The van der Waals surface area contributed by atoms with E-state index in [-0.39, 0.29) is 15.7 Å². The van der Waals surface area contributed by atoms with Gasteiger partial charge in [0.2, 0.25) is 10.0 Å². The lowest BCUT2D eigenvalue weighted by Gasteiger charge is -2.58. The van der Waals surface area contributed by atoms with E-state index in [0.29, 0.717) is 29.5 Å². The molecule has 4 saturated carbocycles. The third-order valence-corrected chi connectivity index (χ3v) is 9.27. The minimum absolute atomic E-state index is 0.0800. The average Bonchev–Trinajstić information content (AvgIpc) is 2.65. The van der Waals surface area contributed by atoms with Gasteiger partial charge in [-0.25, -0.2) is 12.7 Å². The van der Waals surface area contributed by atoms with E-state index in [2.05, 4.69) is 5.32 Å². The molecule has 0 radical (unpaired) electrons. The van der Waals surface area contributed by atoms with E-state index >= 15 is 0 Å². The van der Waals surface area contributed by atoms with Gasteiger partial charge in [0.25, 0.3) is 5.91 Å². The molecule has 4 aliphatic rings. The Hall–Kier alpha value is -1.64. The molecule has 1 amide bonds. The molecule has 0 aromatic heterocycles. The van der Waals surface area contributed by atoms with Crippen LogP contribution in [-0.2, 0) is 24.3 Å². The number of carbonyl (C=O) groups excluding carboxylic acids is 2. The smallest absolute Gasteiger partial charge is 0.312 e. The van der Waals surface area contributed by atoms with E-state index in [9.17, 15) is 18.0 Å². The molecule has 0 saturated heterocycles. The van der Waals surface area contributed by atoms with Crippen molar-refractivity contribution in [3.8, 4) is 0 Å². The molecule has 2 unspecified atom stereocenters. The monoisotopic (exact) mass is 468 g/mol. The number of halogens is 1. The number of ether oxygens (including phenoxy) is 1. The van der Waals surface area contributed by atoms with Crippen molar-refractivity contribution < 1.29 is 22.7 Å². The number of sulfonamides is 1. The van der Waals surface area contributed by atoms with Gasteiger partial charge in [0, 0.05) is 24.7 Å². The highest BCUT2D eigenvalue weighted by Crippen LogP contribution is 2.64. The quantitative estimate of drug-likeness (QED) is 0.510. The van der Waals surface area contributed by atoms with Crippen LogP contribution in [0.5, 0.6) is 0 Å². The Labute approximate surface area is 188 Å². The fourth-order valence-corrected chi connectivity index (χ4v) is 7.59. The second-order valence-electron chi connectivity index (χ2n) is 9.78. The topological polar surface area (TPSA) is 92.8 Å². The van der Waals surface area contributed by atoms with Crippen LogP contribution < -0.4 is 5.32 Å². The lowest BCUT2D eigenvalue weighted by Crippen LogP contribution is -2.56. The summed E-state index contributed by atoms with van der Waals surface area (Å²) in [5.41, 5.74) is 0.517. The molecule has 0 heterocycles. The first-order chi connectivity index (χ1) is 14.4. The van der Waals surface area contributed by atoms with E-state index in [1.165, 1.54) is 26.2 Å². The molecule has 4 aliphatic carbocycles. The average molecular weight is 469 g/mol. The zero-order chi connectivity index (χ0) is 22.6. The fourth-order valence-electron chi connectivity index (χ4n) is 5.97. The molecular formula is C22H29ClN2O5S. The number of alkyl halides is 1. The number of hydrogen-bond donors (Lipinski definition) is 1. The minimum Gasteiger partial charge on any atom is -0.455 e. The van der Waals surface area contributed by atoms with Crippen LogP contribution in [0.4, 0.5) is 5.69 Å². The van der Waals surface area contributed by atoms with Gasteiger partial charge >= 0.3 is 5.97 Å². The summed E-state index contributed by atoms with van der Waals surface area (Å²) in [5.74, 6) is 0.0944. The van der Waals surface area contributed by atoms with E-state index in [0.717, 1.165) is 36.4 Å². The number of nitrogens with one attached hydrogen (secondary N) is 1. The van der Waals surface area contributed by atoms with Crippen molar-refractivity contribution in [1.82, 2.24) is 4.31 Å². The van der Waals surface area contributed by atoms with Crippen LogP contribution >= 0.6 is 11.6 Å². The molecular weight excluding hydrogens is 440 g/mol. The van der Waals surface area contributed by atoms with E-state index in [4.69, 9.17) is 16.3 Å². The second kappa shape index (κ2) is 7.74. The summed E-state index contributed by atoms with van der Waals surface area (Å²) in [4.78, 5) is 25.2. The first-order valence-electron chi connectivity index (χ1n) is 10.6. The first-order valence-corrected chi connectivity index (χ1v) is 12.4. The van der Waals surface area contributed by atoms with Crippen molar-refractivity contribution >= 4 is 39.2 Å². The summed E-state index contributed by atoms with van der Waals surface area (Å²) in [6.45, 7) is 1.36. The van der Waals surface area contributed by atoms with Gasteiger partial charge < -0.3 is 10.1 Å². The van der Waals surface area contributed by atoms with Crippen molar-refractivity contribution in [1.29, 1.82) is 0 Å². The molecule has 31 heavy (non-hydrogen) atoms. The number of hydrogen-bond acceptors (Lipinski definition) is 5. The lowest BCUT2D eigenvalue weighted by atomic mass is 9.49. The molecule has 1 aromatic rings. The van der Waals surface area contributed by atoms with Crippen LogP contribution in [0.25, 0.3) is 0 Å². The largest absolute Gasteiger partial charge is 0.455 e. The number of carbonyl (C=O) groups is 2. The maximum atomic E-state index is 13.0. The predicted molar refractivity (Wildman–Crippen MR) is 117 cm³/mol. The summed E-state index contributed by atoms with van der Waals surface area (Å²) in [6.07, 6.45) is 5.27. The Morgan fingerprint density at radius 3 is 2.42 bits per heavy atom. The Morgan fingerprint density at radius 2 is 1.84 bits per heavy atom. The van der Waals surface area contributed by atoms with Gasteiger partial charge in [-0.1, -0.05) is 6.07 Å². The van der Waals surface area contributed by atoms with Crippen molar-refractivity contribution in [2.45, 2.75) is 55.2 Å². The standard InChI is InChI=1S/C22H29ClN2O5S/c1-14-4-5-17(31(28,29)25(2)3)7-18(14)24-19(26)12-30-20(27)21-8-15-6-16(9-21)11-22(23,10-15)13-21/h4-5,7,15-16H,6,8-13H2,1-3H3,(H,24,26). The zero-order valence-electron chi connectivity index (χ0n) is 18.1. The number of benzene rings is 1. The van der Waals surface area contributed by atoms with Crippen molar-refractivity contribution in [3.63, 3.8) is 0 Å². The van der Waals surface area contributed by atoms with Gasteiger partial charge in [-0.15, -0.1) is 11.6 Å². The number of amides is 1. The lowest BCUT2D eigenvalue weighted by molar-refractivity contribution is -0.171. The zero-order valence-corrected chi connectivity index (χ0v) is 19.7. The molecule has 7 nitrogen and oxygen atoms in total. The summed E-state index contributed by atoms with van der Waals surface area (Å²) < 4.78 is 31.3. The van der Waals surface area contributed by atoms with Crippen LogP contribution in [0.2, 0.25) is 0 Å². The summed E-state index contributed by atoms with van der Waals surface area (Å²) in [6, 6.07) is 4.55. The summed E-state index contributed by atoms with van der Waals surface area (Å²) >= 11 is 6.79. The van der Waals surface area contributed by atoms with Crippen molar-refractivity contribution in [2.75, 3.05) is 26.0 Å². The van der Waals surface area contributed by atoms with E-state index in [1.54, 1.807) is 13.0 Å². The van der Waals surface area contributed by atoms with Crippen molar-refractivity contribution in [3.05, 3.63) is 23.8 Å². The highest BCUT2D eigenvalue weighted by Gasteiger charge is 2.60. The number of rotatable bonds is 6. The molecule has 5 rings (SSSR count). The molecule has 2 atom stereocenters. The van der Waals surface area contributed by atoms with E-state index < -0.39 is 28.0 Å². The van der Waals surface area contributed by atoms with Crippen LogP contribution in [0, 0.1) is 24.2 Å². The first kappa shape index (κ1) is 22.6. The highest BCUT2D eigenvalue weighted by atomic mass is 35.5. The van der Waals surface area contributed by atoms with E-state index in [1.807, 2.05) is 0 Å². The molecule has 4 fully saturated rings. The Kier molecular flexibility index (Phi) is 5.63. The predicted octanol–water partition coefficient (Wildman–Crippen LogP) is 3.30. The maximum Gasteiger partial charge on any atom is 0.312 e. The number of nitrogens with zero attached hydrogens (tertiary/aromatic N) is 1. The molecule has 1 N–H and O–H groups in total. The summed E-state index contributed by atoms with van der Waals surface area (Å²) in [5, 5.41) is 2.67. The second-order valence-corrected chi connectivity index (χ2v) is 12.7. The number of esters is 1. The molecule has 9 heteroatoms. The van der Waals surface area contributed by atoms with Crippen LogP contribution in [-0.4, -0.2) is 50.2 Å². The van der Waals surface area contributed by atoms with Gasteiger partial charge in [0.1, 0.15) is 0 Å². The fraction of sp³-hybridized carbons (Fsp3) is 0.636. The highest BCUT2D eigenvalue weighted by molar-refractivity contribution is 7.89. The minimum atomic E-state index is -3.63. The third-order valence-electron chi connectivity index (χ3n) is 7.02. The normalized spacial score (nSPS) is 31.6. The molecule has 170 valence electrons. The molecule has 1 aromatic carbocycles. The Balaban J connectivity index is 1.41. The van der Waals surface area contributed by atoms with Gasteiger partial charge in [0.05, 0.1) is 10.3 Å². The molecule has 4 bridgehead atoms. The van der Waals surface area contributed by atoms with Crippen LogP contribution in [0.1, 0.15) is 44.1 Å². The summed E-state index contributed by atoms with van der Waals surface area (Å²) in [7, 11) is -0.732. The Bertz CT molecular complexity index is 1010. The Morgan fingerprint density at radius 1 is 1.19 bits per heavy atom. The number of anilines is 1. The van der Waals surface area contributed by atoms with Crippen LogP contribution in [0.3, 0.4) is 0 Å². The van der Waals surface area contributed by atoms with Gasteiger partial charge in [-0.3, -0.25) is 9.59 Å².